The number of anilines is 2. The molecule has 0 radical (unpaired) electrons. The van der Waals surface area contributed by atoms with Crippen molar-refractivity contribution in [3.8, 4) is 17.0 Å². The molecule has 0 atom stereocenters. The van der Waals surface area contributed by atoms with Gasteiger partial charge in [-0.25, -0.2) is 14.7 Å². The van der Waals surface area contributed by atoms with Gasteiger partial charge in [-0.1, -0.05) is 13.3 Å². The van der Waals surface area contributed by atoms with Crippen molar-refractivity contribution in [2.45, 2.75) is 25.9 Å². The summed E-state index contributed by atoms with van der Waals surface area (Å²) < 4.78 is 46.1. The number of ether oxygens (including phenoxy) is 1. The molecule has 6 nitrogen and oxygen atoms in total. The summed E-state index contributed by atoms with van der Waals surface area (Å²) >= 11 is 1.08. The highest BCUT2D eigenvalue weighted by molar-refractivity contribution is 7.14. The first-order valence-corrected chi connectivity index (χ1v) is 9.98. The highest BCUT2D eigenvalue weighted by Gasteiger charge is 2.36. The molecule has 2 N–H and O–H groups in total. The molecule has 30 heavy (non-hydrogen) atoms. The molecule has 0 spiro atoms. The predicted octanol–water partition coefficient (Wildman–Crippen LogP) is 5.62. The second-order valence-electron chi connectivity index (χ2n) is 6.31. The maximum atomic E-state index is 13.6. The van der Waals surface area contributed by atoms with E-state index in [4.69, 9.17) is 10.5 Å². The summed E-state index contributed by atoms with van der Waals surface area (Å²) in [6.45, 7) is 2.08. The third kappa shape index (κ3) is 4.88. The lowest BCUT2D eigenvalue weighted by Crippen LogP contribution is -2.31. The monoisotopic (exact) mass is 436 g/mol. The summed E-state index contributed by atoms with van der Waals surface area (Å²) in [6.07, 6.45) is -0.0432. The Labute approximate surface area is 175 Å². The van der Waals surface area contributed by atoms with Crippen LogP contribution in [0.4, 0.5) is 28.8 Å². The van der Waals surface area contributed by atoms with Gasteiger partial charge in [0.2, 0.25) is 0 Å². The van der Waals surface area contributed by atoms with E-state index >= 15 is 0 Å². The largest absolute Gasteiger partial charge is 0.493 e. The van der Waals surface area contributed by atoms with Crippen molar-refractivity contribution < 1.29 is 22.7 Å². The van der Waals surface area contributed by atoms with Crippen LogP contribution in [-0.2, 0) is 6.18 Å². The number of nitrogens with two attached hydrogens (primary N) is 1. The van der Waals surface area contributed by atoms with Crippen LogP contribution in [0.1, 0.15) is 25.3 Å². The Morgan fingerprint density at radius 2 is 2.10 bits per heavy atom. The Morgan fingerprint density at radius 1 is 1.30 bits per heavy atom. The average Bonchev–Trinajstić information content (AvgIpc) is 3.18. The molecule has 158 valence electrons. The van der Waals surface area contributed by atoms with E-state index in [1.54, 1.807) is 29.9 Å². The quantitative estimate of drug-likeness (QED) is 0.488. The Kier molecular flexibility index (Phi) is 6.56. The summed E-state index contributed by atoms with van der Waals surface area (Å²) in [5, 5.41) is 1.82. The second kappa shape index (κ2) is 9.12. The lowest BCUT2D eigenvalue weighted by molar-refractivity contribution is -0.138. The minimum absolute atomic E-state index is 0.0512. The van der Waals surface area contributed by atoms with Crippen LogP contribution in [-0.4, -0.2) is 22.6 Å². The van der Waals surface area contributed by atoms with E-state index in [0.29, 0.717) is 17.7 Å². The minimum Gasteiger partial charge on any atom is -0.493 e. The maximum Gasteiger partial charge on any atom is 0.420 e. The van der Waals surface area contributed by atoms with Crippen molar-refractivity contribution in [2.24, 2.45) is 5.73 Å². The zero-order valence-corrected chi connectivity index (χ0v) is 16.8. The molecule has 0 unspecified atom stereocenters. The molecule has 2 amide bonds. The number of benzene rings is 1. The van der Waals surface area contributed by atoms with Gasteiger partial charge in [0, 0.05) is 23.3 Å². The molecule has 0 aliphatic rings. The van der Waals surface area contributed by atoms with Crippen molar-refractivity contribution in [3.05, 3.63) is 53.7 Å². The molecular weight excluding hydrogens is 417 g/mol. The molecule has 0 fully saturated rings. The number of aromatic nitrogens is 2. The summed E-state index contributed by atoms with van der Waals surface area (Å²) in [5.41, 5.74) is 5.68. The summed E-state index contributed by atoms with van der Waals surface area (Å²) in [6, 6.07) is 5.95. The van der Waals surface area contributed by atoms with E-state index < -0.39 is 17.8 Å². The summed E-state index contributed by atoms with van der Waals surface area (Å²) in [5.74, 6) is -0.292. The third-order valence-electron chi connectivity index (χ3n) is 4.14. The number of amides is 2. The van der Waals surface area contributed by atoms with Crippen LogP contribution in [0.25, 0.3) is 11.3 Å². The molecule has 0 saturated heterocycles. The van der Waals surface area contributed by atoms with Crippen molar-refractivity contribution in [1.29, 1.82) is 0 Å². The number of carbonyl (C=O) groups is 1. The molecular formula is C20H19F3N4O2S. The Balaban J connectivity index is 1.98. The number of urea groups is 1. The fourth-order valence-corrected chi connectivity index (χ4v) is 3.53. The van der Waals surface area contributed by atoms with Crippen molar-refractivity contribution in [1.82, 2.24) is 9.97 Å². The predicted molar refractivity (Wildman–Crippen MR) is 109 cm³/mol. The van der Waals surface area contributed by atoms with Gasteiger partial charge in [0.15, 0.2) is 5.13 Å². The van der Waals surface area contributed by atoms with Crippen LogP contribution < -0.4 is 15.4 Å². The first-order chi connectivity index (χ1) is 14.3. The van der Waals surface area contributed by atoms with E-state index in [1.165, 1.54) is 12.1 Å². The number of unbranched alkanes of at least 4 members (excludes halogenated alkanes) is 1. The minimum atomic E-state index is -4.66. The first kappa shape index (κ1) is 21.6. The summed E-state index contributed by atoms with van der Waals surface area (Å²) in [4.78, 5) is 21.4. The van der Waals surface area contributed by atoms with Crippen LogP contribution in [0.5, 0.6) is 5.75 Å². The smallest absolute Gasteiger partial charge is 0.420 e. The van der Waals surface area contributed by atoms with Gasteiger partial charge in [-0.05, 0) is 36.8 Å². The van der Waals surface area contributed by atoms with Gasteiger partial charge < -0.3 is 10.5 Å². The molecule has 3 aromatic rings. The van der Waals surface area contributed by atoms with Gasteiger partial charge in [0.1, 0.15) is 5.75 Å². The van der Waals surface area contributed by atoms with Gasteiger partial charge >= 0.3 is 12.2 Å². The molecule has 0 saturated carbocycles. The number of halogens is 3. The first-order valence-electron chi connectivity index (χ1n) is 9.10. The number of nitrogens with zero attached hydrogens (tertiary/aromatic N) is 3. The van der Waals surface area contributed by atoms with Crippen molar-refractivity contribution in [2.75, 3.05) is 11.5 Å². The van der Waals surface area contributed by atoms with Crippen LogP contribution in [0.2, 0.25) is 0 Å². The number of hydrogen-bond donors (Lipinski definition) is 1. The number of hydrogen-bond acceptors (Lipinski definition) is 5. The lowest BCUT2D eigenvalue weighted by Gasteiger charge is -2.21. The van der Waals surface area contributed by atoms with Crippen molar-refractivity contribution in [3.63, 3.8) is 0 Å². The van der Waals surface area contributed by atoms with Crippen molar-refractivity contribution >= 4 is 28.2 Å². The number of carbonyl (C=O) groups excluding carboxylic acids is 1. The van der Waals surface area contributed by atoms with E-state index in [-0.39, 0.29) is 23.2 Å². The normalized spacial score (nSPS) is 11.3. The lowest BCUT2D eigenvalue weighted by atomic mass is 10.1. The Bertz CT molecular complexity index is 1010. The molecule has 0 aliphatic carbocycles. The van der Waals surface area contributed by atoms with E-state index in [2.05, 4.69) is 9.97 Å². The number of thiazole rings is 1. The van der Waals surface area contributed by atoms with Gasteiger partial charge in [-0.3, -0.25) is 4.98 Å². The van der Waals surface area contributed by atoms with Gasteiger partial charge in [-0.2, -0.15) is 13.2 Å². The van der Waals surface area contributed by atoms with Crippen LogP contribution in [0.3, 0.4) is 0 Å². The second-order valence-corrected chi connectivity index (χ2v) is 7.15. The Hall–Kier alpha value is -3.14. The third-order valence-corrected chi connectivity index (χ3v) is 4.97. The molecule has 0 bridgehead atoms. The zero-order valence-electron chi connectivity index (χ0n) is 16.0. The number of pyridine rings is 1. The van der Waals surface area contributed by atoms with E-state index in [1.807, 2.05) is 6.92 Å². The SMILES string of the molecule is CCCCOc1ccc(N(C(N)=O)c2nc(-c3cccnc3)cs2)cc1C(F)(F)F. The molecule has 10 heteroatoms. The van der Waals surface area contributed by atoms with Gasteiger partial charge in [-0.15, -0.1) is 11.3 Å². The van der Waals surface area contributed by atoms with E-state index in [9.17, 15) is 18.0 Å². The fraction of sp³-hybridized carbons (Fsp3) is 0.250. The number of alkyl halides is 3. The molecule has 3 rings (SSSR count). The molecule has 0 aliphatic heterocycles. The van der Waals surface area contributed by atoms with Crippen LogP contribution in [0.15, 0.2) is 48.1 Å². The van der Waals surface area contributed by atoms with Crippen LogP contribution >= 0.6 is 11.3 Å². The Morgan fingerprint density at radius 3 is 2.73 bits per heavy atom. The summed E-state index contributed by atoms with van der Waals surface area (Å²) in [7, 11) is 0. The van der Waals surface area contributed by atoms with Gasteiger partial charge in [0.25, 0.3) is 0 Å². The van der Waals surface area contributed by atoms with Crippen LogP contribution in [0, 0.1) is 0 Å². The highest BCUT2D eigenvalue weighted by atomic mass is 32.1. The van der Waals surface area contributed by atoms with Gasteiger partial charge in [0.05, 0.1) is 23.6 Å². The number of primary amides is 1. The number of rotatable bonds is 7. The zero-order chi connectivity index (χ0) is 21.7. The fourth-order valence-electron chi connectivity index (χ4n) is 2.68. The maximum absolute atomic E-state index is 13.6. The molecule has 2 aromatic heterocycles. The highest BCUT2D eigenvalue weighted by Crippen LogP contribution is 2.40. The molecule has 1 aromatic carbocycles. The average molecular weight is 436 g/mol. The van der Waals surface area contributed by atoms with E-state index in [0.717, 1.165) is 28.7 Å². The topological polar surface area (TPSA) is 81.3 Å². The standard InChI is InChI=1S/C20H19F3N4O2S/c1-2-3-9-29-17-7-6-14(10-15(17)20(21,22)23)27(18(24)28)19-26-16(12-30-19)13-5-4-8-25-11-13/h4-8,10-12H,2-3,9H2,1H3,(H2,24,28). The molecule has 2 heterocycles.